The zero-order chi connectivity index (χ0) is 27.0. The molecule has 3 aromatic rings. The number of nitrogens with zero attached hydrogens (tertiary/aromatic N) is 3. The lowest BCUT2D eigenvalue weighted by molar-refractivity contribution is -0.205. The predicted octanol–water partition coefficient (Wildman–Crippen LogP) is 6.58. The van der Waals surface area contributed by atoms with Crippen LogP contribution in [0.3, 0.4) is 0 Å². The van der Waals surface area contributed by atoms with Gasteiger partial charge in [-0.2, -0.15) is 26.3 Å². The van der Waals surface area contributed by atoms with Gasteiger partial charge in [0.25, 0.3) is 0 Å². The largest absolute Gasteiger partial charge is 0.433 e. The van der Waals surface area contributed by atoms with E-state index in [1.54, 1.807) is 13.8 Å². The summed E-state index contributed by atoms with van der Waals surface area (Å²) in [5.41, 5.74) is -0.0414. The lowest BCUT2D eigenvalue weighted by Crippen LogP contribution is -2.30. The summed E-state index contributed by atoms with van der Waals surface area (Å²) < 4.78 is 87.7. The average Bonchev–Trinajstić information content (AvgIpc) is 3.10. The molecule has 0 fully saturated rings. The van der Waals surface area contributed by atoms with E-state index in [4.69, 9.17) is 5.11 Å². The van der Waals surface area contributed by atoms with E-state index in [1.165, 1.54) is 34.9 Å². The number of alkyl halides is 6. The number of benzene rings is 1. The fourth-order valence-electron chi connectivity index (χ4n) is 2.84. The molecule has 0 radical (unpaired) electrons. The van der Waals surface area contributed by atoms with Crippen LogP contribution in [0.4, 0.5) is 30.7 Å². The minimum absolute atomic E-state index is 0.0904. The molecule has 0 aliphatic heterocycles. The summed E-state index contributed by atoms with van der Waals surface area (Å²) in [5.74, 6) is -0.504. The Hall–Kier alpha value is -3.02. The summed E-state index contributed by atoms with van der Waals surface area (Å²) in [6.45, 7) is 7.34. The minimum Gasteiger partial charge on any atom is -0.383 e. The Morgan fingerprint density at radius 1 is 1.00 bits per heavy atom. The van der Waals surface area contributed by atoms with E-state index >= 15 is 0 Å². The molecule has 0 aliphatic rings. The zero-order valence-electron chi connectivity index (χ0n) is 19.5. The zero-order valence-corrected chi connectivity index (χ0v) is 19.5. The number of carbonyl (C=O) groups excluding carboxylic acids is 1. The normalized spacial score (nSPS) is 12.3. The van der Waals surface area contributed by atoms with Gasteiger partial charge in [0.2, 0.25) is 0 Å². The van der Waals surface area contributed by atoms with E-state index in [-0.39, 0.29) is 12.1 Å². The van der Waals surface area contributed by atoms with E-state index in [2.05, 4.69) is 9.97 Å². The topological polar surface area (TPSA) is 68.0 Å². The lowest BCUT2D eigenvalue weighted by Gasteiger charge is -2.12. The number of fused-ring (bicyclic) bond motifs is 1. The van der Waals surface area contributed by atoms with Crippen molar-refractivity contribution in [2.24, 2.45) is 0 Å². The van der Waals surface area contributed by atoms with Crippen molar-refractivity contribution in [1.29, 1.82) is 0 Å². The maximum absolute atomic E-state index is 13.0. The van der Waals surface area contributed by atoms with E-state index < -0.39 is 42.2 Å². The Morgan fingerprint density at radius 2 is 1.57 bits per heavy atom. The predicted molar refractivity (Wildman–Crippen MR) is 117 cm³/mol. The highest BCUT2D eigenvalue weighted by Gasteiger charge is 2.39. The van der Waals surface area contributed by atoms with Gasteiger partial charge in [-0.1, -0.05) is 20.8 Å². The molecule has 3 rings (SSSR count). The quantitative estimate of drug-likeness (QED) is 0.395. The number of aryl methyl sites for hydroxylation is 1. The number of aromatic nitrogens is 3. The second-order valence-electron chi connectivity index (χ2n) is 7.06. The summed E-state index contributed by atoms with van der Waals surface area (Å²) in [4.78, 5) is 18.5. The van der Waals surface area contributed by atoms with Crippen LogP contribution in [0.25, 0.3) is 16.9 Å². The van der Waals surface area contributed by atoms with Gasteiger partial charge in [0.1, 0.15) is 28.6 Å². The first kappa shape index (κ1) is 30.0. The van der Waals surface area contributed by atoms with Crippen LogP contribution in [0.2, 0.25) is 0 Å². The maximum atomic E-state index is 13.0. The van der Waals surface area contributed by atoms with Crippen molar-refractivity contribution < 1.29 is 40.6 Å². The smallest absolute Gasteiger partial charge is 0.383 e. The summed E-state index contributed by atoms with van der Waals surface area (Å²) in [6.07, 6.45) is -11.9. The van der Waals surface area contributed by atoms with Crippen molar-refractivity contribution in [3.63, 3.8) is 0 Å². The molecular weight excluding hydrogens is 483 g/mol. The molecule has 194 valence electrons. The van der Waals surface area contributed by atoms with Crippen LogP contribution >= 0.6 is 0 Å². The first-order chi connectivity index (χ1) is 16.2. The molecule has 1 aromatic carbocycles. The Bertz CT molecular complexity index is 1090. The summed E-state index contributed by atoms with van der Waals surface area (Å²) in [6, 6.07) is 7.56. The van der Waals surface area contributed by atoms with Crippen LogP contribution in [-0.4, -0.2) is 37.7 Å². The number of aliphatic hydroxyl groups excluding tert-OH is 1. The second-order valence-corrected chi connectivity index (χ2v) is 7.06. The molecule has 0 amide bonds. The Balaban J connectivity index is 0.000000376. The number of carbonyl (C=O) groups is 1. The summed E-state index contributed by atoms with van der Waals surface area (Å²) in [5, 5.41) is 8.44. The van der Waals surface area contributed by atoms with Gasteiger partial charge in [-0.3, -0.25) is 9.36 Å². The SMILES string of the molecule is CC.CCCC(=O)CC(O)C(F)(F)F.Cc1nc2ccc(C(F)(F)F)nc2n1-c1ccc(F)cc1. The highest BCUT2D eigenvalue weighted by molar-refractivity contribution is 5.78. The average molecular weight is 509 g/mol. The molecule has 0 aliphatic carbocycles. The van der Waals surface area contributed by atoms with Crippen LogP contribution in [-0.2, 0) is 11.0 Å². The molecule has 0 saturated carbocycles. The number of hydrogen-bond acceptors (Lipinski definition) is 4. The lowest BCUT2D eigenvalue weighted by atomic mass is 10.1. The van der Waals surface area contributed by atoms with Gasteiger partial charge in [-0.05, 0) is 49.7 Å². The van der Waals surface area contributed by atoms with Crippen molar-refractivity contribution in [2.75, 3.05) is 0 Å². The number of Topliss-reactive ketones (excluding diaryl/α,β-unsaturated/α-hetero) is 1. The van der Waals surface area contributed by atoms with Crippen LogP contribution < -0.4 is 0 Å². The Morgan fingerprint density at radius 3 is 2.06 bits per heavy atom. The third kappa shape index (κ3) is 8.61. The van der Waals surface area contributed by atoms with Gasteiger partial charge in [-0.15, -0.1) is 0 Å². The van der Waals surface area contributed by atoms with Crippen molar-refractivity contribution in [3.8, 4) is 5.69 Å². The fraction of sp³-hybridized carbons (Fsp3) is 0.435. The van der Waals surface area contributed by atoms with Gasteiger partial charge in [0.05, 0.1) is 0 Å². The maximum Gasteiger partial charge on any atom is 0.433 e. The Labute approximate surface area is 197 Å². The molecule has 0 saturated heterocycles. The summed E-state index contributed by atoms with van der Waals surface area (Å²) >= 11 is 0. The van der Waals surface area contributed by atoms with Gasteiger partial charge in [-0.25, -0.2) is 14.4 Å². The number of rotatable bonds is 5. The third-order valence-corrected chi connectivity index (χ3v) is 4.38. The number of imidazole rings is 1. The minimum atomic E-state index is -4.68. The molecule has 5 nitrogen and oxygen atoms in total. The van der Waals surface area contributed by atoms with Crippen LogP contribution in [0.15, 0.2) is 36.4 Å². The van der Waals surface area contributed by atoms with E-state index in [1.807, 2.05) is 13.8 Å². The van der Waals surface area contributed by atoms with Gasteiger partial charge in [0, 0.05) is 18.5 Å². The van der Waals surface area contributed by atoms with Crippen molar-refractivity contribution >= 4 is 16.9 Å². The molecule has 1 atom stereocenters. The molecule has 1 unspecified atom stereocenters. The van der Waals surface area contributed by atoms with Gasteiger partial charge in [0.15, 0.2) is 11.8 Å². The van der Waals surface area contributed by atoms with Crippen molar-refractivity contribution in [3.05, 3.63) is 53.7 Å². The van der Waals surface area contributed by atoms with Crippen molar-refractivity contribution in [1.82, 2.24) is 14.5 Å². The third-order valence-electron chi connectivity index (χ3n) is 4.38. The Kier molecular flexibility index (Phi) is 10.8. The van der Waals surface area contributed by atoms with E-state index in [0.717, 1.165) is 6.07 Å². The molecule has 2 heterocycles. The van der Waals surface area contributed by atoms with E-state index in [0.29, 0.717) is 23.4 Å². The first-order valence-electron chi connectivity index (χ1n) is 10.7. The monoisotopic (exact) mass is 509 g/mol. The first-order valence-corrected chi connectivity index (χ1v) is 10.7. The standard InChI is InChI=1S/C14H9F4N3.C7H11F3O2.C2H6/c1-8-19-11-6-7-12(14(16,17)18)20-13(11)21(8)10-4-2-9(15)3-5-10;1-2-3-5(11)4-6(12)7(8,9)10;1-2/h2-7H,1H3;6,12H,2-4H2,1H3;1-2H3. The number of aliphatic hydroxyl groups is 1. The van der Waals surface area contributed by atoms with Crippen LogP contribution in [0.1, 0.15) is 51.6 Å². The molecule has 0 spiro atoms. The highest BCUT2D eigenvalue weighted by atomic mass is 19.4. The molecule has 12 heteroatoms. The number of halogens is 7. The molecule has 35 heavy (non-hydrogen) atoms. The summed E-state index contributed by atoms with van der Waals surface area (Å²) in [7, 11) is 0. The van der Waals surface area contributed by atoms with E-state index in [9.17, 15) is 35.5 Å². The van der Waals surface area contributed by atoms with Crippen LogP contribution in [0, 0.1) is 12.7 Å². The number of pyridine rings is 1. The second kappa shape index (κ2) is 12.6. The van der Waals surface area contributed by atoms with Gasteiger partial charge >= 0.3 is 12.4 Å². The van der Waals surface area contributed by atoms with Crippen molar-refractivity contribution in [2.45, 2.75) is 65.4 Å². The molecule has 1 N–H and O–H groups in total. The fourth-order valence-corrected chi connectivity index (χ4v) is 2.84. The van der Waals surface area contributed by atoms with Crippen LogP contribution in [0.5, 0.6) is 0 Å². The molecule has 2 aromatic heterocycles. The molecular formula is C23H26F7N3O2. The highest BCUT2D eigenvalue weighted by Crippen LogP contribution is 2.30. The van der Waals surface area contributed by atoms with Gasteiger partial charge < -0.3 is 5.11 Å². The number of hydrogen-bond donors (Lipinski definition) is 1. The number of ketones is 1. The molecule has 0 bridgehead atoms.